The third kappa shape index (κ3) is 2.93. The van der Waals surface area contributed by atoms with Gasteiger partial charge in [0.05, 0.1) is 0 Å². The summed E-state index contributed by atoms with van der Waals surface area (Å²) < 4.78 is 38.0. The first-order chi connectivity index (χ1) is 8.73. The standard InChI is InChI=1S/C11H15F3N2O3/c12-11(13,14)10(2-3-10)15-9(19)16-4-1-7(6-16)5-8(17)18/h7H,1-6H2,(H,15,19)(H,17,18). The molecule has 0 spiro atoms. The Balaban J connectivity index is 1.87. The van der Waals surface area contributed by atoms with Crippen molar-refractivity contribution in [1.29, 1.82) is 0 Å². The number of nitrogens with one attached hydrogen (secondary N) is 1. The Kier molecular flexibility index (Phi) is 3.36. The molecule has 108 valence electrons. The Morgan fingerprint density at radius 1 is 1.37 bits per heavy atom. The molecular weight excluding hydrogens is 265 g/mol. The number of alkyl halides is 3. The lowest BCUT2D eigenvalue weighted by atomic mass is 10.1. The second-order valence-electron chi connectivity index (χ2n) is 5.21. The number of hydrogen-bond donors (Lipinski definition) is 2. The smallest absolute Gasteiger partial charge is 0.411 e. The number of carbonyl (C=O) groups excluding carboxylic acids is 1. The molecule has 1 unspecified atom stereocenters. The summed E-state index contributed by atoms with van der Waals surface area (Å²) in [6.45, 7) is 0.504. The van der Waals surface area contributed by atoms with E-state index in [4.69, 9.17) is 5.11 Å². The van der Waals surface area contributed by atoms with Crippen molar-refractivity contribution < 1.29 is 27.9 Å². The average Bonchev–Trinajstić information content (AvgIpc) is 2.90. The van der Waals surface area contributed by atoms with Gasteiger partial charge in [0.1, 0.15) is 5.54 Å². The van der Waals surface area contributed by atoms with E-state index in [1.807, 2.05) is 5.32 Å². The molecule has 1 heterocycles. The lowest BCUT2D eigenvalue weighted by Crippen LogP contribution is -2.52. The number of carbonyl (C=O) groups is 2. The molecule has 2 N–H and O–H groups in total. The summed E-state index contributed by atoms with van der Waals surface area (Å²) in [5, 5.41) is 10.7. The molecule has 5 nitrogen and oxygen atoms in total. The fourth-order valence-electron chi connectivity index (χ4n) is 2.32. The molecular formula is C11H15F3N2O3. The Morgan fingerprint density at radius 3 is 2.47 bits per heavy atom. The maximum absolute atomic E-state index is 12.7. The van der Waals surface area contributed by atoms with Crippen molar-refractivity contribution in [2.45, 2.75) is 37.4 Å². The van der Waals surface area contributed by atoms with Crippen molar-refractivity contribution in [2.24, 2.45) is 5.92 Å². The Morgan fingerprint density at radius 2 is 2.00 bits per heavy atom. The number of rotatable bonds is 3. The lowest BCUT2D eigenvalue weighted by Gasteiger charge is -2.24. The molecule has 2 fully saturated rings. The largest absolute Gasteiger partial charge is 0.481 e. The predicted octanol–water partition coefficient (Wildman–Crippen LogP) is 1.59. The van der Waals surface area contributed by atoms with Crippen LogP contribution in [0.2, 0.25) is 0 Å². The molecule has 1 aliphatic carbocycles. The molecule has 0 bridgehead atoms. The van der Waals surface area contributed by atoms with Gasteiger partial charge >= 0.3 is 18.2 Å². The van der Waals surface area contributed by atoms with Gasteiger partial charge in [-0.3, -0.25) is 4.79 Å². The minimum atomic E-state index is -4.43. The van der Waals surface area contributed by atoms with Crippen LogP contribution in [0, 0.1) is 5.92 Å². The summed E-state index contributed by atoms with van der Waals surface area (Å²) in [5.41, 5.74) is -2.06. The number of carboxylic acids is 1. The third-order valence-corrected chi connectivity index (χ3v) is 3.68. The topological polar surface area (TPSA) is 69.6 Å². The second kappa shape index (κ2) is 4.57. The van der Waals surface area contributed by atoms with E-state index in [1.54, 1.807) is 0 Å². The van der Waals surface area contributed by atoms with Crippen LogP contribution in [0.5, 0.6) is 0 Å². The molecule has 1 saturated heterocycles. The van der Waals surface area contributed by atoms with Crippen LogP contribution >= 0.6 is 0 Å². The van der Waals surface area contributed by atoms with Crippen LogP contribution in [-0.2, 0) is 4.79 Å². The molecule has 2 rings (SSSR count). The molecule has 2 aliphatic rings. The maximum Gasteiger partial charge on any atom is 0.411 e. The number of halogens is 3. The minimum absolute atomic E-state index is 0.0613. The maximum atomic E-state index is 12.7. The van der Waals surface area contributed by atoms with Crippen molar-refractivity contribution in [1.82, 2.24) is 10.2 Å². The van der Waals surface area contributed by atoms with Gasteiger partial charge in [-0.2, -0.15) is 13.2 Å². The summed E-state index contributed by atoms with van der Waals surface area (Å²) in [4.78, 5) is 23.5. The van der Waals surface area contributed by atoms with Crippen molar-refractivity contribution >= 4 is 12.0 Å². The highest BCUT2D eigenvalue weighted by Crippen LogP contribution is 2.49. The van der Waals surface area contributed by atoms with E-state index in [9.17, 15) is 22.8 Å². The van der Waals surface area contributed by atoms with Crippen LogP contribution in [-0.4, -0.2) is 46.8 Å². The summed E-state index contributed by atoms with van der Waals surface area (Å²) in [6, 6.07) is -0.747. The zero-order chi connectivity index (χ0) is 14.3. The number of likely N-dealkylation sites (tertiary alicyclic amines) is 1. The summed E-state index contributed by atoms with van der Waals surface area (Å²) >= 11 is 0. The molecule has 8 heteroatoms. The molecule has 1 atom stereocenters. The first kappa shape index (κ1) is 14.0. The molecule has 19 heavy (non-hydrogen) atoms. The van der Waals surface area contributed by atoms with Crippen molar-refractivity contribution in [3.63, 3.8) is 0 Å². The molecule has 0 aromatic heterocycles. The van der Waals surface area contributed by atoms with Crippen LogP contribution < -0.4 is 5.32 Å². The number of urea groups is 1. The number of hydrogen-bond acceptors (Lipinski definition) is 2. The normalized spacial score (nSPS) is 25.2. The van der Waals surface area contributed by atoms with Gasteiger partial charge in [0.25, 0.3) is 0 Å². The van der Waals surface area contributed by atoms with E-state index >= 15 is 0 Å². The quantitative estimate of drug-likeness (QED) is 0.824. The number of amides is 2. The molecule has 2 amide bonds. The Labute approximate surface area is 107 Å². The van der Waals surface area contributed by atoms with Gasteiger partial charge in [0.2, 0.25) is 0 Å². The fourth-order valence-corrected chi connectivity index (χ4v) is 2.32. The molecule has 0 aromatic rings. The van der Waals surface area contributed by atoms with Gasteiger partial charge in [-0.25, -0.2) is 4.79 Å². The Hall–Kier alpha value is -1.47. The summed E-state index contributed by atoms with van der Waals surface area (Å²) in [6.07, 6.45) is -4.15. The second-order valence-corrected chi connectivity index (χ2v) is 5.21. The van der Waals surface area contributed by atoms with Gasteiger partial charge in [0, 0.05) is 19.5 Å². The van der Waals surface area contributed by atoms with Crippen LogP contribution in [0.3, 0.4) is 0 Å². The zero-order valence-electron chi connectivity index (χ0n) is 10.2. The molecule has 1 saturated carbocycles. The van der Waals surface area contributed by atoms with E-state index in [0.29, 0.717) is 13.0 Å². The van der Waals surface area contributed by atoms with Gasteiger partial charge in [0.15, 0.2) is 0 Å². The predicted molar refractivity (Wildman–Crippen MR) is 58.5 cm³/mol. The van der Waals surface area contributed by atoms with Gasteiger partial charge in [-0.15, -0.1) is 0 Å². The third-order valence-electron chi connectivity index (χ3n) is 3.68. The van der Waals surface area contributed by atoms with E-state index in [-0.39, 0.29) is 31.7 Å². The van der Waals surface area contributed by atoms with Crippen LogP contribution in [0.1, 0.15) is 25.7 Å². The number of carboxylic acid groups (broad SMARTS) is 1. The molecule has 0 radical (unpaired) electrons. The van der Waals surface area contributed by atoms with Crippen LogP contribution in [0.4, 0.5) is 18.0 Å². The highest BCUT2D eigenvalue weighted by atomic mass is 19.4. The SMILES string of the molecule is O=C(O)CC1CCN(C(=O)NC2(C(F)(F)F)CC2)C1. The Bertz CT molecular complexity index is 393. The highest BCUT2D eigenvalue weighted by Gasteiger charge is 2.64. The minimum Gasteiger partial charge on any atom is -0.481 e. The summed E-state index contributed by atoms with van der Waals surface area (Å²) in [5.74, 6) is -1.13. The lowest BCUT2D eigenvalue weighted by molar-refractivity contribution is -0.163. The fraction of sp³-hybridized carbons (Fsp3) is 0.818. The van der Waals surface area contributed by atoms with E-state index in [2.05, 4.69) is 0 Å². The van der Waals surface area contributed by atoms with Crippen LogP contribution in [0.15, 0.2) is 0 Å². The molecule has 1 aliphatic heterocycles. The number of nitrogens with zero attached hydrogens (tertiary/aromatic N) is 1. The van der Waals surface area contributed by atoms with Gasteiger partial charge in [-0.1, -0.05) is 0 Å². The van der Waals surface area contributed by atoms with Crippen molar-refractivity contribution in [3.05, 3.63) is 0 Å². The van der Waals surface area contributed by atoms with E-state index in [1.165, 1.54) is 4.90 Å². The first-order valence-electron chi connectivity index (χ1n) is 6.09. The molecule has 0 aromatic carbocycles. The zero-order valence-corrected chi connectivity index (χ0v) is 10.2. The van der Waals surface area contributed by atoms with Crippen molar-refractivity contribution in [3.8, 4) is 0 Å². The first-order valence-corrected chi connectivity index (χ1v) is 6.09. The number of aliphatic carboxylic acids is 1. The highest BCUT2D eigenvalue weighted by molar-refractivity contribution is 5.76. The average molecular weight is 280 g/mol. The van der Waals surface area contributed by atoms with Crippen LogP contribution in [0.25, 0.3) is 0 Å². The summed E-state index contributed by atoms with van der Waals surface area (Å²) in [7, 11) is 0. The van der Waals surface area contributed by atoms with E-state index in [0.717, 1.165) is 0 Å². The van der Waals surface area contributed by atoms with Gasteiger partial charge in [-0.05, 0) is 25.2 Å². The van der Waals surface area contributed by atoms with Gasteiger partial charge < -0.3 is 15.3 Å². The monoisotopic (exact) mass is 280 g/mol. The van der Waals surface area contributed by atoms with Crippen molar-refractivity contribution in [2.75, 3.05) is 13.1 Å². The van der Waals surface area contributed by atoms with E-state index < -0.39 is 23.7 Å².